The summed E-state index contributed by atoms with van der Waals surface area (Å²) in [7, 11) is 1.91. The molecule has 1 spiro atoms. The summed E-state index contributed by atoms with van der Waals surface area (Å²) in [5.41, 5.74) is -0.842. The lowest BCUT2D eigenvalue weighted by atomic mass is 9.54. The summed E-state index contributed by atoms with van der Waals surface area (Å²) in [5.74, 6) is -4.43. The van der Waals surface area contributed by atoms with Gasteiger partial charge in [0.05, 0.1) is 17.4 Å². The molecule has 1 saturated heterocycles. The molecule has 12 heteroatoms. The van der Waals surface area contributed by atoms with Gasteiger partial charge >= 0.3 is 23.9 Å². The van der Waals surface area contributed by atoms with Crippen molar-refractivity contribution in [2.45, 2.75) is 75.4 Å². The lowest BCUT2D eigenvalue weighted by molar-refractivity contribution is -0.177. The number of aryl methyl sites for hydroxylation is 1. The number of carbonyl (C=O) groups is 4. The van der Waals surface area contributed by atoms with E-state index in [1.54, 1.807) is 24.3 Å². The Morgan fingerprint density at radius 1 is 1.11 bits per heavy atom. The molecule has 3 N–H and O–H groups in total. The molecular weight excluding hydrogens is 574 g/mol. The number of carboxylic acid groups (broad SMARTS) is 1. The Kier molecular flexibility index (Phi) is 8.17. The van der Waals surface area contributed by atoms with Crippen LogP contribution in [0.4, 0.5) is 0 Å². The maximum absolute atomic E-state index is 13.5. The van der Waals surface area contributed by atoms with E-state index in [9.17, 15) is 34.5 Å². The second-order valence-electron chi connectivity index (χ2n) is 11.6. The number of hydrogen-bond acceptors (Lipinski definition) is 11. The number of carbonyl (C=O) groups excluding carboxylic acids is 3. The summed E-state index contributed by atoms with van der Waals surface area (Å²) in [6.07, 6.45) is -3.23. The number of ether oxygens (including phenoxy) is 4. The predicted octanol–water partition coefficient (Wildman–Crippen LogP) is 2.68. The molecule has 1 fully saturated rings. The molecule has 2 heterocycles. The monoisotopic (exact) mass is 609 g/mol. The number of likely N-dealkylation sites (tertiary alicyclic amines) is 1. The van der Waals surface area contributed by atoms with E-state index in [1.807, 2.05) is 25.8 Å². The van der Waals surface area contributed by atoms with Crippen molar-refractivity contribution in [2.75, 3.05) is 13.6 Å². The first-order valence-electron chi connectivity index (χ1n) is 14.3. The molecule has 234 valence electrons. The van der Waals surface area contributed by atoms with E-state index in [0.29, 0.717) is 18.5 Å². The maximum atomic E-state index is 13.5. The number of esters is 3. The Labute approximate surface area is 253 Å². The summed E-state index contributed by atoms with van der Waals surface area (Å²) in [6.45, 7) is 5.38. The third kappa shape index (κ3) is 5.07. The number of aliphatic carboxylic acids is 1. The van der Waals surface area contributed by atoms with Crippen molar-refractivity contribution in [3.05, 3.63) is 71.0 Å². The first kappa shape index (κ1) is 31.0. The molecule has 5 rings (SSSR count). The van der Waals surface area contributed by atoms with E-state index in [0.717, 1.165) is 12.5 Å². The van der Waals surface area contributed by atoms with Crippen LogP contribution in [-0.2, 0) is 38.8 Å². The van der Waals surface area contributed by atoms with Gasteiger partial charge in [-0.05, 0) is 51.6 Å². The molecule has 2 aromatic rings. The molecule has 1 aliphatic carbocycles. The minimum absolute atomic E-state index is 0.0321. The van der Waals surface area contributed by atoms with Gasteiger partial charge in [-0.2, -0.15) is 0 Å². The van der Waals surface area contributed by atoms with Gasteiger partial charge in [0.2, 0.25) is 12.2 Å². The number of benzene rings is 2. The minimum atomic E-state index is -1.77. The smallest absolute Gasteiger partial charge is 0.353 e. The van der Waals surface area contributed by atoms with Gasteiger partial charge in [-0.15, -0.1) is 0 Å². The Morgan fingerprint density at radius 3 is 2.48 bits per heavy atom. The van der Waals surface area contributed by atoms with E-state index in [-0.39, 0.29) is 35.3 Å². The van der Waals surface area contributed by atoms with E-state index in [4.69, 9.17) is 18.9 Å². The highest BCUT2D eigenvalue weighted by atomic mass is 16.6. The zero-order valence-corrected chi connectivity index (χ0v) is 24.8. The third-order valence-corrected chi connectivity index (χ3v) is 9.05. The molecule has 3 aliphatic rings. The molecule has 0 unspecified atom stereocenters. The van der Waals surface area contributed by atoms with E-state index in [1.165, 1.54) is 24.3 Å². The normalized spacial score (nSPS) is 26.9. The summed E-state index contributed by atoms with van der Waals surface area (Å²) in [5, 5.41) is 32.7. The fraction of sp³-hybridized carbons (Fsp3) is 0.438. The van der Waals surface area contributed by atoms with Crippen LogP contribution in [0, 0.1) is 6.92 Å². The highest BCUT2D eigenvalue weighted by Crippen LogP contribution is 2.62. The number of phenolic OH excluding ortho intramolecular Hbond substituents is 1. The summed E-state index contributed by atoms with van der Waals surface area (Å²) >= 11 is 0. The number of carboxylic acids is 1. The lowest BCUT2D eigenvalue weighted by Gasteiger charge is -2.58. The number of nitrogens with zero attached hydrogens (tertiary/aromatic N) is 1. The Balaban J connectivity index is 1.43. The van der Waals surface area contributed by atoms with Crippen molar-refractivity contribution in [1.29, 1.82) is 0 Å². The van der Waals surface area contributed by atoms with Gasteiger partial charge in [0, 0.05) is 30.5 Å². The number of piperidine rings is 1. The molecule has 0 bridgehead atoms. The number of rotatable bonds is 8. The van der Waals surface area contributed by atoms with Gasteiger partial charge in [0.25, 0.3) is 0 Å². The Bertz CT molecular complexity index is 1520. The number of hydrogen-bond donors (Lipinski definition) is 3. The lowest BCUT2D eigenvalue weighted by Crippen LogP contribution is -2.71. The van der Waals surface area contributed by atoms with Gasteiger partial charge in [-0.1, -0.05) is 36.4 Å². The fourth-order valence-corrected chi connectivity index (χ4v) is 6.78. The Morgan fingerprint density at radius 2 is 1.82 bits per heavy atom. The van der Waals surface area contributed by atoms with Crippen molar-refractivity contribution < 1.29 is 53.4 Å². The Hall–Kier alpha value is -4.42. The molecule has 0 radical (unpaired) electrons. The zero-order chi connectivity index (χ0) is 32.0. The molecule has 0 saturated carbocycles. The largest absolute Gasteiger partial charge is 0.504 e. The number of likely N-dealkylation sites (N-methyl/N-ethyl adjacent to an activating group) is 1. The number of phenols is 1. The average molecular weight is 610 g/mol. The van der Waals surface area contributed by atoms with Gasteiger partial charge in [-0.25, -0.2) is 9.59 Å². The molecule has 0 amide bonds. The van der Waals surface area contributed by atoms with E-state index < -0.39 is 59.6 Å². The molecule has 6 atom stereocenters. The molecule has 0 aromatic heterocycles. The predicted molar refractivity (Wildman–Crippen MR) is 152 cm³/mol. The second-order valence-corrected chi connectivity index (χ2v) is 11.6. The first-order valence-corrected chi connectivity index (χ1v) is 14.3. The molecule has 44 heavy (non-hydrogen) atoms. The molecule has 2 aliphatic heterocycles. The SMILES string of the molecule is CC(=O)O[C@@H](CC(=O)O[C@H](C(=O)O)c1ccccc1)C(=O)OC1=CC[C@@]2(O)[C@@H](C)N(C)CC[C@@]23c2c(C)ccc(O)c2O[C@@H]13. The standard InChI is InChI=1S/C32H35NO11/c1-17-10-11-21(35)27-25(17)31-14-15-33(4)18(2)32(31,40)13-12-22(28(31)44-27)42-30(39)23(41-19(3)34)16-24(36)43-26(29(37)38)20-8-6-5-7-9-20/h5-12,18,23,26,28,35,40H,13-16H2,1-4H3,(H,37,38)/t18-,23+,26+,28+,31+,32-/m1/s1. The summed E-state index contributed by atoms with van der Waals surface area (Å²) in [4.78, 5) is 52.1. The molecule has 2 aromatic carbocycles. The van der Waals surface area contributed by atoms with Crippen molar-refractivity contribution >= 4 is 23.9 Å². The van der Waals surface area contributed by atoms with Gasteiger partial charge in [0.15, 0.2) is 17.6 Å². The van der Waals surface area contributed by atoms with Crippen molar-refractivity contribution in [1.82, 2.24) is 4.90 Å². The molecular formula is C32H35NO11. The minimum Gasteiger partial charge on any atom is -0.504 e. The van der Waals surface area contributed by atoms with Crippen LogP contribution in [0.3, 0.4) is 0 Å². The quantitative estimate of drug-likeness (QED) is 0.296. The van der Waals surface area contributed by atoms with Crippen LogP contribution in [0.2, 0.25) is 0 Å². The van der Waals surface area contributed by atoms with Gasteiger partial charge in [0.1, 0.15) is 5.76 Å². The number of fused-ring (bicyclic) bond motifs is 1. The summed E-state index contributed by atoms with van der Waals surface area (Å²) < 4.78 is 22.3. The second kappa shape index (κ2) is 11.6. The average Bonchev–Trinajstić information content (AvgIpc) is 3.35. The van der Waals surface area contributed by atoms with Gasteiger partial charge < -0.3 is 39.2 Å². The van der Waals surface area contributed by atoms with Crippen LogP contribution in [0.1, 0.15) is 55.9 Å². The first-order chi connectivity index (χ1) is 20.8. The topological polar surface area (TPSA) is 169 Å². The number of aliphatic hydroxyl groups is 1. The zero-order valence-electron chi connectivity index (χ0n) is 24.8. The summed E-state index contributed by atoms with van der Waals surface area (Å²) in [6, 6.07) is 10.7. The van der Waals surface area contributed by atoms with E-state index >= 15 is 0 Å². The third-order valence-electron chi connectivity index (χ3n) is 9.05. The van der Waals surface area contributed by atoms with Gasteiger partial charge in [-0.3, -0.25) is 9.59 Å². The van der Waals surface area contributed by atoms with Crippen LogP contribution in [-0.4, -0.2) is 81.5 Å². The van der Waals surface area contributed by atoms with E-state index in [2.05, 4.69) is 0 Å². The van der Waals surface area contributed by atoms with Crippen molar-refractivity contribution in [3.8, 4) is 11.5 Å². The van der Waals surface area contributed by atoms with Crippen molar-refractivity contribution in [2.24, 2.45) is 0 Å². The van der Waals surface area contributed by atoms with Crippen LogP contribution >= 0.6 is 0 Å². The fourth-order valence-electron chi connectivity index (χ4n) is 6.78. The molecule has 12 nitrogen and oxygen atoms in total. The highest BCUT2D eigenvalue weighted by molar-refractivity contribution is 5.86. The maximum Gasteiger partial charge on any atom is 0.353 e. The van der Waals surface area contributed by atoms with Crippen LogP contribution in [0.15, 0.2) is 54.3 Å². The highest BCUT2D eigenvalue weighted by Gasteiger charge is 2.69. The van der Waals surface area contributed by atoms with Crippen LogP contribution in [0.25, 0.3) is 0 Å². The van der Waals surface area contributed by atoms with Crippen LogP contribution < -0.4 is 4.74 Å². The number of aromatic hydroxyl groups is 1. The van der Waals surface area contributed by atoms with Crippen LogP contribution in [0.5, 0.6) is 11.5 Å². The van der Waals surface area contributed by atoms with Crippen molar-refractivity contribution in [3.63, 3.8) is 0 Å².